The lowest BCUT2D eigenvalue weighted by atomic mass is 10.1. The molecule has 2 aromatic carbocycles. The average molecular weight is 433 g/mol. The van der Waals surface area contributed by atoms with E-state index in [4.69, 9.17) is 21.1 Å². The highest BCUT2D eigenvalue weighted by Crippen LogP contribution is 2.38. The molecule has 0 radical (unpaired) electrons. The van der Waals surface area contributed by atoms with E-state index in [1.807, 2.05) is 13.8 Å². The van der Waals surface area contributed by atoms with Crippen LogP contribution in [0.25, 0.3) is 6.08 Å². The van der Waals surface area contributed by atoms with E-state index in [0.717, 1.165) is 11.3 Å². The number of rotatable bonds is 7. The quantitative estimate of drug-likeness (QED) is 0.506. The van der Waals surface area contributed by atoms with Crippen LogP contribution >= 0.6 is 11.6 Å². The summed E-state index contributed by atoms with van der Waals surface area (Å²) in [6.07, 6.45) is 2.28. The number of ether oxygens (including phenoxy) is 2. The van der Waals surface area contributed by atoms with Crippen LogP contribution in [0.1, 0.15) is 31.4 Å². The SMILES string of the molecule is CCC(C)Oc1c(Cl)cc(C=C2NC(=O)N(Cc3ccc(F)cc3)C2=O)cc1OC. The first-order chi connectivity index (χ1) is 14.3. The van der Waals surface area contributed by atoms with E-state index in [1.165, 1.54) is 37.5 Å². The minimum absolute atomic E-state index is 0.0358. The molecule has 0 spiro atoms. The van der Waals surface area contributed by atoms with Gasteiger partial charge in [0.25, 0.3) is 5.91 Å². The van der Waals surface area contributed by atoms with Crippen molar-refractivity contribution >= 4 is 29.6 Å². The van der Waals surface area contributed by atoms with Crippen LogP contribution in [0.3, 0.4) is 0 Å². The van der Waals surface area contributed by atoms with Crippen LogP contribution in [-0.4, -0.2) is 30.1 Å². The maximum Gasteiger partial charge on any atom is 0.329 e. The molecular formula is C22H22ClFN2O4. The normalized spacial score (nSPS) is 16.0. The number of halogens is 2. The van der Waals surface area contributed by atoms with Crippen molar-refractivity contribution in [2.45, 2.75) is 32.9 Å². The molecule has 1 atom stereocenters. The Balaban J connectivity index is 1.84. The zero-order chi connectivity index (χ0) is 21.8. The van der Waals surface area contributed by atoms with E-state index in [1.54, 1.807) is 12.1 Å². The summed E-state index contributed by atoms with van der Waals surface area (Å²) in [6, 6.07) is 8.38. The van der Waals surface area contributed by atoms with Crippen molar-refractivity contribution in [2.75, 3.05) is 7.11 Å². The zero-order valence-electron chi connectivity index (χ0n) is 16.9. The summed E-state index contributed by atoms with van der Waals surface area (Å²) in [5, 5.41) is 2.89. The summed E-state index contributed by atoms with van der Waals surface area (Å²) in [7, 11) is 1.50. The number of nitrogens with one attached hydrogen (secondary N) is 1. The minimum Gasteiger partial charge on any atom is -0.493 e. The van der Waals surface area contributed by atoms with Crippen molar-refractivity contribution < 1.29 is 23.5 Å². The molecule has 0 aromatic heterocycles. The predicted molar refractivity (Wildman–Crippen MR) is 112 cm³/mol. The van der Waals surface area contributed by atoms with Gasteiger partial charge in [0.05, 0.1) is 24.8 Å². The fraction of sp³-hybridized carbons (Fsp3) is 0.273. The molecule has 158 valence electrons. The fourth-order valence-electron chi connectivity index (χ4n) is 2.88. The monoisotopic (exact) mass is 432 g/mol. The number of carbonyl (C=O) groups excluding carboxylic acids is 2. The Morgan fingerprint density at radius 1 is 1.23 bits per heavy atom. The van der Waals surface area contributed by atoms with Crippen molar-refractivity contribution in [3.8, 4) is 11.5 Å². The summed E-state index contributed by atoms with van der Waals surface area (Å²) in [6.45, 7) is 3.96. The number of hydrogen-bond acceptors (Lipinski definition) is 4. The lowest BCUT2D eigenvalue weighted by Gasteiger charge is -2.17. The maximum absolute atomic E-state index is 13.1. The summed E-state index contributed by atoms with van der Waals surface area (Å²) in [5.41, 5.74) is 1.31. The molecule has 1 heterocycles. The second-order valence-electron chi connectivity index (χ2n) is 6.88. The van der Waals surface area contributed by atoms with E-state index in [-0.39, 0.29) is 24.2 Å². The number of imide groups is 1. The molecule has 3 rings (SSSR count). The van der Waals surface area contributed by atoms with E-state index in [9.17, 15) is 14.0 Å². The van der Waals surface area contributed by atoms with Gasteiger partial charge >= 0.3 is 6.03 Å². The Morgan fingerprint density at radius 3 is 2.57 bits per heavy atom. The van der Waals surface area contributed by atoms with Gasteiger partial charge in [-0.25, -0.2) is 9.18 Å². The van der Waals surface area contributed by atoms with Crippen LogP contribution in [0, 0.1) is 5.82 Å². The molecule has 8 heteroatoms. The third kappa shape index (κ3) is 4.74. The molecule has 30 heavy (non-hydrogen) atoms. The van der Waals surface area contributed by atoms with Gasteiger partial charge in [-0.2, -0.15) is 0 Å². The van der Waals surface area contributed by atoms with Gasteiger partial charge in [-0.1, -0.05) is 30.7 Å². The number of benzene rings is 2. The molecule has 1 aliphatic heterocycles. The summed E-state index contributed by atoms with van der Waals surface area (Å²) in [5.74, 6) is -0.0209. The Bertz CT molecular complexity index is 991. The van der Waals surface area contributed by atoms with Gasteiger partial charge in [-0.15, -0.1) is 0 Å². The molecule has 1 aliphatic rings. The number of hydrogen-bond donors (Lipinski definition) is 1. The van der Waals surface area contributed by atoms with Crippen LogP contribution in [0.4, 0.5) is 9.18 Å². The first-order valence-electron chi connectivity index (χ1n) is 9.45. The molecule has 0 saturated carbocycles. The summed E-state index contributed by atoms with van der Waals surface area (Å²) >= 11 is 6.37. The smallest absolute Gasteiger partial charge is 0.329 e. The van der Waals surface area contributed by atoms with Gasteiger partial charge in [0.2, 0.25) is 0 Å². The molecule has 1 fully saturated rings. The first kappa shape index (κ1) is 21.6. The third-order valence-electron chi connectivity index (χ3n) is 4.67. The molecule has 3 amide bonds. The van der Waals surface area contributed by atoms with Crippen LogP contribution in [0.5, 0.6) is 11.5 Å². The van der Waals surface area contributed by atoms with Gasteiger partial charge in [0, 0.05) is 0 Å². The van der Waals surface area contributed by atoms with Crippen molar-refractivity contribution in [1.82, 2.24) is 10.2 Å². The Hall–Kier alpha value is -3.06. The molecule has 1 saturated heterocycles. The number of nitrogens with zero attached hydrogens (tertiary/aromatic N) is 1. The number of amides is 3. The molecule has 0 bridgehead atoms. The molecule has 1 unspecified atom stereocenters. The largest absolute Gasteiger partial charge is 0.493 e. The third-order valence-corrected chi connectivity index (χ3v) is 4.95. The highest BCUT2D eigenvalue weighted by atomic mass is 35.5. The van der Waals surface area contributed by atoms with Gasteiger partial charge in [-0.3, -0.25) is 9.69 Å². The van der Waals surface area contributed by atoms with Gasteiger partial charge in [0.1, 0.15) is 11.5 Å². The molecule has 0 aliphatic carbocycles. The highest BCUT2D eigenvalue weighted by Gasteiger charge is 2.33. The van der Waals surface area contributed by atoms with Crippen LogP contribution in [0.15, 0.2) is 42.1 Å². The Morgan fingerprint density at radius 2 is 1.93 bits per heavy atom. The van der Waals surface area contributed by atoms with Crippen LogP contribution in [0.2, 0.25) is 5.02 Å². The second kappa shape index (κ2) is 9.17. The number of methoxy groups -OCH3 is 1. The van der Waals surface area contributed by atoms with E-state index < -0.39 is 11.9 Å². The van der Waals surface area contributed by atoms with Gasteiger partial charge in [-0.05, 0) is 54.8 Å². The average Bonchev–Trinajstić information content (AvgIpc) is 2.98. The minimum atomic E-state index is -0.551. The zero-order valence-corrected chi connectivity index (χ0v) is 17.6. The van der Waals surface area contributed by atoms with Crippen molar-refractivity contribution in [1.29, 1.82) is 0 Å². The predicted octanol–water partition coefficient (Wildman–Crippen LogP) is 4.76. The standard InChI is InChI=1S/C22H22ClFN2O4/c1-4-13(2)30-20-17(23)9-15(11-19(20)29-3)10-18-21(27)26(22(28)25-18)12-14-5-7-16(24)8-6-14/h5-11,13H,4,12H2,1-3H3,(H,25,28). The topological polar surface area (TPSA) is 67.9 Å². The molecular weight excluding hydrogens is 411 g/mol. The molecule has 2 aromatic rings. The van der Waals surface area contributed by atoms with Crippen molar-refractivity contribution in [3.05, 3.63) is 64.1 Å². The fourth-order valence-corrected chi connectivity index (χ4v) is 3.14. The first-order valence-corrected chi connectivity index (χ1v) is 9.83. The van der Waals surface area contributed by atoms with Gasteiger partial charge < -0.3 is 14.8 Å². The Labute approximate surface area is 179 Å². The maximum atomic E-state index is 13.1. The Kier molecular flexibility index (Phi) is 6.62. The van der Waals surface area contributed by atoms with Crippen molar-refractivity contribution in [3.63, 3.8) is 0 Å². The van der Waals surface area contributed by atoms with E-state index >= 15 is 0 Å². The van der Waals surface area contributed by atoms with Crippen LogP contribution < -0.4 is 14.8 Å². The summed E-state index contributed by atoms with van der Waals surface area (Å²) in [4.78, 5) is 26.0. The lowest BCUT2D eigenvalue weighted by molar-refractivity contribution is -0.123. The van der Waals surface area contributed by atoms with E-state index in [2.05, 4.69) is 5.32 Å². The highest BCUT2D eigenvalue weighted by molar-refractivity contribution is 6.32. The number of urea groups is 1. The van der Waals surface area contributed by atoms with E-state index in [0.29, 0.717) is 27.6 Å². The molecule has 1 N–H and O–H groups in total. The van der Waals surface area contributed by atoms with Gasteiger partial charge in [0.15, 0.2) is 11.5 Å². The van der Waals surface area contributed by atoms with Crippen LogP contribution in [-0.2, 0) is 11.3 Å². The number of carbonyl (C=O) groups is 2. The van der Waals surface area contributed by atoms with Crippen molar-refractivity contribution in [2.24, 2.45) is 0 Å². The molecule has 6 nitrogen and oxygen atoms in total. The summed E-state index contributed by atoms with van der Waals surface area (Å²) < 4.78 is 24.3. The second-order valence-corrected chi connectivity index (χ2v) is 7.28. The lowest BCUT2D eigenvalue weighted by Crippen LogP contribution is -2.30.